The SMILES string of the molecule is O=C1C[C@H](c2ccccc2)CC2=C1[C@@H](c1ccc(F)cc1)N(C(=S)Nc1ccccc1)c1ccccc1N2. The lowest BCUT2D eigenvalue weighted by Gasteiger charge is -2.36. The Balaban J connectivity index is 1.52. The molecule has 1 aliphatic carbocycles. The van der Waals surface area contributed by atoms with Gasteiger partial charge in [-0.2, -0.15) is 0 Å². The van der Waals surface area contributed by atoms with Crippen LogP contribution >= 0.6 is 12.2 Å². The predicted octanol–water partition coefficient (Wildman–Crippen LogP) is 7.60. The summed E-state index contributed by atoms with van der Waals surface area (Å²) in [5.74, 6) is -0.204. The van der Waals surface area contributed by atoms with Gasteiger partial charge in [0.15, 0.2) is 10.9 Å². The third kappa shape index (κ3) is 4.59. The van der Waals surface area contributed by atoms with Gasteiger partial charge in [0.2, 0.25) is 0 Å². The Morgan fingerprint density at radius 2 is 1.47 bits per heavy atom. The number of ketones is 1. The van der Waals surface area contributed by atoms with Gasteiger partial charge in [-0.3, -0.25) is 4.79 Å². The molecule has 0 spiro atoms. The standard InChI is InChI=1S/C32H26FN3OS/c33-24-17-15-22(16-18-24)31-30-27(19-23(20-29(30)37)21-9-3-1-4-10-21)35-26-13-7-8-14-28(26)36(31)32(38)34-25-11-5-2-6-12-25/h1-18,23,31,35H,19-20H2,(H,34,38)/t23-,31-/m1/s1. The van der Waals surface area contributed by atoms with Crippen LogP contribution in [0.2, 0.25) is 0 Å². The molecule has 2 atom stereocenters. The molecule has 2 N–H and O–H groups in total. The number of carbonyl (C=O) groups excluding carboxylic acids is 1. The Morgan fingerprint density at radius 1 is 0.816 bits per heavy atom. The molecule has 2 aliphatic rings. The first-order valence-electron chi connectivity index (χ1n) is 12.7. The molecule has 0 aromatic heterocycles. The predicted molar refractivity (Wildman–Crippen MR) is 155 cm³/mol. The molecule has 6 rings (SSSR count). The molecule has 4 nitrogen and oxygen atoms in total. The van der Waals surface area contributed by atoms with E-state index in [-0.39, 0.29) is 17.5 Å². The van der Waals surface area contributed by atoms with Gasteiger partial charge in [-0.05, 0) is 72.1 Å². The number of nitrogens with one attached hydrogen (secondary N) is 2. The van der Waals surface area contributed by atoms with Gasteiger partial charge >= 0.3 is 0 Å². The van der Waals surface area contributed by atoms with Crippen molar-refractivity contribution in [2.24, 2.45) is 0 Å². The van der Waals surface area contributed by atoms with Gasteiger partial charge in [0.25, 0.3) is 0 Å². The van der Waals surface area contributed by atoms with Crippen LogP contribution in [0.25, 0.3) is 0 Å². The molecule has 6 heteroatoms. The number of para-hydroxylation sites is 3. The van der Waals surface area contributed by atoms with Gasteiger partial charge in [-0.1, -0.05) is 72.8 Å². The van der Waals surface area contributed by atoms with Crippen LogP contribution in [0.1, 0.15) is 35.9 Å². The molecule has 0 saturated heterocycles. The summed E-state index contributed by atoms with van der Waals surface area (Å²) < 4.78 is 14.0. The normalized spacial score (nSPS) is 18.7. The first kappa shape index (κ1) is 24.1. The van der Waals surface area contributed by atoms with E-state index in [0.29, 0.717) is 23.5 Å². The fourth-order valence-corrected chi connectivity index (χ4v) is 5.76. The highest BCUT2D eigenvalue weighted by Crippen LogP contribution is 2.47. The number of anilines is 3. The van der Waals surface area contributed by atoms with E-state index in [1.807, 2.05) is 77.7 Å². The van der Waals surface area contributed by atoms with Crippen LogP contribution in [-0.2, 0) is 4.79 Å². The lowest BCUT2D eigenvalue weighted by Crippen LogP contribution is -2.40. The summed E-state index contributed by atoms with van der Waals surface area (Å²) in [7, 11) is 0. The van der Waals surface area contributed by atoms with Crippen LogP contribution < -0.4 is 15.5 Å². The maximum Gasteiger partial charge on any atom is 0.178 e. The third-order valence-electron chi connectivity index (χ3n) is 7.19. The zero-order valence-corrected chi connectivity index (χ0v) is 21.4. The second-order valence-corrected chi connectivity index (χ2v) is 9.98. The second-order valence-electron chi connectivity index (χ2n) is 9.59. The number of fused-ring (bicyclic) bond motifs is 1. The number of carbonyl (C=O) groups is 1. The Kier molecular flexibility index (Phi) is 6.48. The Bertz CT molecular complexity index is 1520. The van der Waals surface area contributed by atoms with E-state index < -0.39 is 6.04 Å². The van der Waals surface area contributed by atoms with Gasteiger partial charge in [0.05, 0.1) is 17.4 Å². The summed E-state index contributed by atoms with van der Waals surface area (Å²) in [5, 5.41) is 7.42. The van der Waals surface area contributed by atoms with Crippen LogP contribution in [0.15, 0.2) is 120 Å². The minimum absolute atomic E-state index is 0.0576. The molecule has 4 aromatic rings. The highest BCUT2D eigenvalue weighted by Gasteiger charge is 2.40. The molecule has 1 heterocycles. The lowest BCUT2D eigenvalue weighted by molar-refractivity contribution is -0.116. The summed E-state index contributed by atoms with van der Waals surface area (Å²) >= 11 is 6.01. The van der Waals surface area contributed by atoms with Crippen molar-refractivity contribution in [3.05, 3.63) is 137 Å². The molecule has 0 fully saturated rings. The molecule has 38 heavy (non-hydrogen) atoms. The van der Waals surface area contributed by atoms with E-state index in [2.05, 4.69) is 22.8 Å². The molecule has 1 aliphatic heterocycles. The minimum atomic E-state index is -0.533. The monoisotopic (exact) mass is 519 g/mol. The molecule has 0 bridgehead atoms. The van der Waals surface area contributed by atoms with Gasteiger partial charge in [0, 0.05) is 23.4 Å². The van der Waals surface area contributed by atoms with E-state index >= 15 is 0 Å². The first-order chi connectivity index (χ1) is 18.6. The highest BCUT2D eigenvalue weighted by atomic mass is 32.1. The van der Waals surface area contributed by atoms with Crippen molar-refractivity contribution in [2.75, 3.05) is 15.5 Å². The Hall–Kier alpha value is -4.29. The smallest absolute Gasteiger partial charge is 0.178 e. The quantitative estimate of drug-likeness (QED) is 0.273. The summed E-state index contributed by atoms with van der Waals surface area (Å²) in [6, 6.07) is 33.6. The molecule has 0 radical (unpaired) electrons. The number of rotatable bonds is 3. The largest absolute Gasteiger partial charge is 0.357 e. The van der Waals surface area contributed by atoms with E-state index in [1.165, 1.54) is 12.1 Å². The minimum Gasteiger partial charge on any atom is -0.357 e. The Labute approximate surface area is 226 Å². The number of hydrogen-bond acceptors (Lipinski definition) is 3. The maximum atomic E-state index is 14.0. The van der Waals surface area contributed by atoms with Crippen LogP contribution in [0.4, 0.5) is 21.5 Å². The van der Waals surface area contributed by atoms with Crippen molar-refractivity contribution in [1.82, 2.24) is 0 Å². The maximum absolute atomic E-state index is 14.0. The zero-order chi connectivity index (χ0) is 26.1. The van der Waals surface area contributed by atoms with E-state index in [0.717, 1.165) is 33.9 Å². The van der Waals surface area contributed by atoms with Crippen molar-refractivity contribution in [3.63, 3.8) is 0 Å². The number of thiocarbonyl (C=S) groups is 1. The first-order valence-corrected chi connectivity index (χ1v) is 13.1. The van der Waals surface area contributed by atoms with Crippen molar-refractivity contribution in [2.45, 2.75) is 24.8 Å². The summed E-state index contributed by atoms with van der Waals surface area (Å²) in [4.78, 5) is 16.0. The number of benzene rings is 4. The van der Waals surface area contributed by atoms with Crippen LogP contribution in [0, 0.1) is 5.82 Å². The number of halogens is 1. The van der Waals surface area contributed by atoms with Gasteiger partial charge in [0.1, 0.15) is 5.82 Å². The molecule has 0 saturated carbocycles. The second kappa shape index (κ2) is 10.2. The van der Waals surface area contributed by atoms with E-state index in [4.69, 9.17) is 12.2 Å². The van der Waals surface area contributed by atoms with Gasteiger partial charge in [-0.25, -0.2) is 4.39 Å². The van der Waals surface area contributed by atoms with Crippen LogP contribution in [0.3, 0.4) is 0 Å². The number of allylic oxidation sites excluding steroid dienone is 1. The molecule has 188 valence electrons. The van der Waals surface area contributed by atoms with E-state index in [1.54, 1.807) is 12.1 Å². The summed E-state index contributed by atoms with van der Waals surface area (Å²) in [6.45, 7) is 0. The topological polar surface area (TPSA) is 44.4 Å². The van der Waals surface area contributed by atoms with Gasteiger partial charge in [-0.15, -0.1) is 0 Å². The van der Waals surface area contributed by atoms with Crippen molar-refractivity contribution >= 4 is 40.2 Å². The van der Waals surface area contributed by atoms with Crippen molar-refractivity contribution in [1.29, 1.82) is 0 Å². The van der Waals surface area contributed by atoms with Crippen molar-refractivity contribution < 1.29 is 9.18 Å². The zero-order valence-electron chi connectivity index (χ0n) is 20.6. The average molecular weight is 520 g/mol. The molecule has 4 aromatic carbocycles. The number of hydrogen-bond donors (Lipinski definition) is 2. The fourth-order valence-electron chi connectivity index (χ4n) is 5.44. The Morgan fingerprint density at radius 3 is 2.21 bits per heavy atom. The van der Waals surface area contributed by atoms with E-state index in [9.17, 15) is 9.18 Å². The number of Topliss-reactive ketones (excluding diaryl/α,β-unsaturated/α-hetero) is 1. The van der Waals surface area contributed by atoms with Crippen molar-refractivity contribution in [3.8, 4) is 0 Å². The van der Waals surface area contributed by atoms with Crippen LogP contribution in [0.5, 0.6) is 0 Å². The summed E-state index contributed by atoms with van der Waals surface area (Å²) in [6.07, 6.45) is 1.08. The highest BCUT2D eigenvalue weighted by molar-refractivity contribution is 7.80. The molecule has 0 amide bonds. The van der Waals surface area contributed by atoms with Crippen LogP contribution in [-0.4, -0.2) is 10.9 Å². The molecule has 0 unspecified atom stereocenters. The number of nitrogens with zero attached hydrogens (tertiary/aromatic N) is 1. The third-order valence-corrected chi connectivity index (χ3v) is 7.49. The fraction of sp³-hybridized carbons (Fsp3) is 0.125. The summed E-state index contributed by atoms with van der Waals surface area (Å²) in [5.41, 5.74) is 6.03. The van der Waals surface area contributed by atoms with Gasteiger partial charge < -0.3 is 15.5 Å². The lowest BCUT2D eigenvalue weighted by atomic mass is 9.78. The molecular weight excluding hydrogens is 493 g/mol. The molecular formula is C32H26FN3OS. The average Bonchev–Trinajstić information content (AvgIpc) is 3.09.